The van der Waals surface area contributed by atoms with Crippen LogP contribution in [0.4, 0.5) is 20.2 Å². The summed E-state index contributed by atoms with van der Waals surface area (Å²) in [4.78, 5) is 14.5. The smallest absolute Gasteiger partial charge is 0.387 e. The maximum Gasteiger partial charge on any atom is 0.387 e. The van der Waals surface area contributed by atoms with Gasteiger partial charge in [0.05, 0.1) is 10.6 Å². The number of alkyl halides is 2. The Hall–Kier alpha value is -3.56. The van der Waals surface area contributed by atoms with Crippen molar-refractivity contribution in [3.8, 4) is 11.6 Å². The number of aromatic nitrogens is 3. The van der Waals surface area contributed by atoms with Crippen molar-refractivity contribution in [1.29, 1.82) is 0 Å². The van der Waals surface area contributed by atoms with E-state index in [-0.39, 0.29) is 0 Å². The van der Waals surface area contributed by atoms with Crippen LogP contribution in [0.15, 0.2) is 42.6 Å². The van der Waals surface area contributed by atoms with Gasteiger partial charge in [-0.05, 0) is 37.6 Å². The van der Waals surface area contributed by atoms with Gasteiger partial charge in [-0.2, -0.15) is 13.9 Å². The summed E-state index contributed by atoms with van der Waals surface area (Å²) >= 11 is 0. The number of nitrogens with one attached hydrogen (secondary N) is 1. The number of halogens is 2. The number of nitrogens with zero attached hydrogens (tertiary/aromatic N) is 4. The van der Waals surface area contributed by atoms with Crippen LogP contribution in [0.5, 0.6) is 5.75 Å². The zero-order chi connectivity index (χ0) is 20.3. The molecule has 0 aliphatic rings. The first-order chi connectivity index (χ1) is 13.3. The van der Waals surface area contributed by atoms with Gasteiger partial charge in [-0.3, -0.25) is 10.1 Å². The Morgan fingerprint density at radius 1 is 1.25 bits per heavy atom. The number of hydrogen-bond acceptors (Lipinski definition) is 6. The fourth-order valence-corrected chi connectivity index (χ4v) is 2.68. The van der Waals surface area contributed by atoms with E-state index in [0.29, 0.717) is 18.1 Å². The second-order valence-electron chi connectivity index (χ2n) is 6.04. The molecular formula is C18H17F2N5O3. The maximum absolute atomic E-state index is 12.5. The van der Waals surface area contributed by atoms with E-state index in [4.69, 9.17) is 0 Å². The quantitative estimate of drug-likeness (QED) is 0.485. The predicted octanol–water partition coefficient (Wildman–Crippen LogP) is 4.01. The minimum atomic E-state index is -3.15. The molecule has 0 aliphatic heterocycles. The van der Waals surface area contributed by atoms with Crippen LogP contribution in [0.2, 0.25) is 0 Å². The van der Waals surface area contributed by atoms with Crippen molar-refractivity contribution in [3.63, 3.8) is 0 Å². The number of pyridine rings is 1. The second kappa shape index (κ2) is 7.99. The van der Waals surface area contributed by atoms with Crippen LogP contribution in [0.25, 0.3) is 5.82 Å². The van der Waals surface area contributed by atoms with Crippen molar-refractivity contribution < 1.29 is 18.4 Å². The van der Waals surface area contributed by atoms with E-state index >= 15 is 0 Å². The Bertz CT molecular complexity index is 989. The van der Waals surface area contributed by atoms with Crippen molar-refractivity contribution in [2.45, 2.75) is 27.0 Å². The Balaban J connectivity index is 1.71. The first-order valence-electron chi connectivity index (χ1n) is 8.29. The first kappa shape index (κ1) is 19.2. The molecule has 2 aromatic heterocycles. The van der Waals surface area contributed by atoms with E-state index in [9.17, 15) is 18.9 Å². The molecule has 8 nitrogen and oxygen atoms in total. The van der Waals surface area contributed by atoms with Gasteiger partial charge in [0.25, 0.3) is 0 Å². The molecule has 0 unspecified atom stereocenters. The van der Waals surface area contributed by atoms with Crippen molar-refractivity contribution in [2.75, 3.05) is 5.32 Å². The van der Waals surface area contributed by atoms with Gasteiger partial charge in [-0.25, -0.2) is 9.67 Å². The topological polar surface area (TPSA) is 95.1 Å². The number of hydrogen-bond donors (Lipinski definition) is 1. The molecule has 0 bridgehead atoms. The van der Waals surface area contributed by atoms with E-state index in [1.807, 2.05) is 32.0 Å². The third-order valence-electron chi connectivity index (χ3n) is 3.90. The molecule has 3 rings (SSSR count). The minimum absolute atomic E-state index is 0.344. The van der Waals surface area contributed by atoms with Gasteiger partial charge in [-0.1, -0.05) is 6.07 Å². The first-order valence-corrected chi connectivity index (χ1v) is 8.29. The average Bonchev–Trinajstić information content (AvgIpc) is 2.98. The average molecular weight is 389 g/mol. The van der Waals surface area contributed by atoms with Gasteiger partial charge >= 0.3 is 12.3 Å². The molecule has 0 fully saturated rings. The van der Waals surface area contributed by atoms with Crippen molar-refractivity contribution in [2.24, 2.45) is 0 Å². The predicted molar refractivity (Wildman–Crippen MR) is 97.9 cm³/mol. The zero-order valence-corrected chi connectivity index (χ0v) is 15.1. The van der Waals surface area contributed by atoms with Crippen LogP contribution < -0.4 is 10.1 Å². The molecule has 0 amide bonds. The molecule has 3 aromatic rings. The standard InChI is InChI=1S/C18H17F2N5O3/c1-11-7-12(2)24(23-11)17-6-3-13(10-22-17)9-21-14-4-5-15(25(26)27)16(8-14)28-18(19)20/h3-8,10,18,21H,9H2,1-2H3. The maximum atomic E-state index is 12.5. The number of nitro benzene ring substituents is 1. The van der Waals surface area contributed by atoms with E-state index < -0.39 is 23.0 Å². The van der Waals surface area contributed by atoms with Gasteiger partial charge < -0.3 is 10.1 Å². The molecule has 0 radical (unpaired) electrons. The third kappa shape index (κ3) is 4.40. The highest BCUT2D eigenvalue weighted by Gasteiger charge is 2.19. The van der Waals surface area contributed by atoms with E-state index in [2.05, 4.69) is 20.1 Å². The molecule has 2 heterocycles. The summed E-state index contributed by atoms with van der Waals surface area (Å²) in [6, 6.07) is 9.33. The fourth-order valence-electron chi connectivity index (χ4n) is 2.68. The number of aryl methyl sites for hydroxylation is 2. The SMILES string of the molecule is Cc1cc(C)n(-c2ccc(CNc3ccc([N+](=O)[O-])c(OC(F)F)c3)cn2)n1. The Morgan fingerprint density at radius 3 is 2.61 bits per heavy atom. The van der Waals surface area contributed by atoms with Crippen molar-refractivity contribution in [1.82, 2.24) is 14.8 Å². The van der Waals surface area contributed by atoms with Crippen LogP contribution in [0.3, 0.4) is 0 Å². The number of benzene rings is 1. The summed E-state index contributed by atoms with van der Waals surface area (Å²) in [7, 11) is 0. The molecule has 146 valence electrons. The number of ether oxygens (including phenoxy) is 1. The molecule has 0 aliphatic carbocycles. The number of nitro groups is 1. The molecule has 1 N–H and O–H groups in total. The van der Waals surface area contributed by atoms with Gasteiger partial charge in [-0.15, -0.1) is 0 Å². The number of rotatable bonds is 7. The van der Waals surface area contributed by atoms with Gasteiger partial charge in [0.1, 0.15) is 0 Å². The second-order valence-corrected chi connectivity index (χ2v) is 6.04. The molecule has 28 heavy (non-hydrogen) atoms. The summed E-state index contributed by atoms with van der Waals surface area (Å²) in [5.41, 5.74) is 2.57. The minimum Gasteiger partial charge on any atom is -0.427 e. The highest BCUT2D eigenvalue weighted by atomic mass is 19.3. The highest BCUT2D eigenvalue weighted by Crippen LogP contribution is 2.31. The Labute approximate surface area is 158 Å². The molecule has 0 saturated carbocycles. The lowest BCUT2D eigenvalue weighted by molar-refractivity contribution is -0.386. The van der Waals surface area contributed by atoms with Gasteiger partial charge in [0.2, 0.25) is 5.75 Å². The molecule has 0 atom stereocenters. The largest absolute Gasteiger partial charge is 0.427 e. The molecule has 10 heteroatoms. The van der Waals surface area contributed by atoms with Gasteiger partial charge in [0.15, 0.2) is 5.82 Å². The molecular weight excluding hydrogens is 372 g/mol. The fraction of sp³-hybridized carbons (Fsp3) is 0.222. The summed E-state index contributed by atoms with van der Waals surface area (Å²) in [6.45, 7) is 1.03. The third-order valence-corrected chi connectivity index (χ3v) is 3.90. The monoisotopic (exact) mass is 389 g/mol. The molecule has 0 saturated heterocycles. The summed E-state index contributed by atoms with van der Waals surface area (Å²) < 4.78 is 30.9. The molecule has 1 aromatic carbocycles. The summed E-state index contributed by atoms with van der Waals surface area (Å²) in [5, 5.41) is 18.3. The Morgan fingerprint density at radius 2 is 2.04 bits per heavy atom. The van der Waals surface area contributed by atoms with Crippen LogP contribution in [-0.2, 0) is 6.54 Å². The lowest BCUT2D eigenvalue weighted by atomic mass is 10.2. The van der Waals surface area contributed by atoms with Crippen molar-refractivity contribution in [3.05, 3.63) is 69.7 Å². The van der Waals surface area contributed by atoms with Crippen LogP contribution >= 0.6 is 0 Å². The molecule has 0 spiro atoms. The van der Waals surface area contributed by atoms with Crippen LogP contribution in [-0.4, -0.2) is 26.3 Å². The van der Waals surface area contributed by atoms with Gasteiger partial charge in [0, 0.05) is 36.3 Å². The Kier molecular flexibility index (Phi) is 5.48. The number of anilines is 1. The van der Waals surface area contributed by atoms with Crippen LogP contribution in [0.1, 0.15) is 17.0 Å². The highest BCUT2D eigenvalue weighted by molar-refractivity contribution is 5.58. The summed E-state index contributed by atoms with van der Waals surface area (Å²) in [5.74, 6) is 0.181. The van der Waals surface area contributed by atoms with Crippen molar-refractivity contribution >= 4 is 11.4 Å². The van der Waals surface area contributed by atoms with E-state index in [0.717, 1.165) is 23.0 Å². The van der Waals surface area contributed by atoms with E-state index in [1.54, 1.807) is 10.9 Å². The zero-order valence-electron chi connectivity index (χ0n) is 15.1. The van der Waals surface area contributed by atoms with E-state index in [1.165, 1.54) is 12.1 Å². The lowest BCUT2D eigenvalue weighted by Gasteiger charge is -2.10. The van der Waals surface area contributed by atoms with Crippen LogP contribution in [0, 0.1) is 24.0 Å². The summed E-state index contributed by atoms with van der Waals surface area (Å²) in [6.07, 6.45) is 1.67. The lowest BCUT2D eigenvalue weighted by Crippen LogP contribution is -2.06. The normalized spacial score (nSPS) is 10.9.